The zero-order chi connectivity index (χ0) is 9.10. The first kappa shape index (κ1) is 7.80. The molecule has 0 bridgehead atoms. The van der Waals surface area contributed by atoms with E-state index in [1.54, 1.807) is 6.07 Å². The van der Waals surface area contributed by atoms with Crippen molar-refractivity contribution in [1.29, 1.82) is 0 Å². The van der Waals surface area contributed by atoms with Gasteiger partial charge in [0.25, 0.3) is 0 Å². The van der Waals surface area contributed by atoms with Crippen molar-refractivity contribution in [1.82, 2.24) is 0 Å². The Morgan fingerprint density at radius 1 is 0.846 bits per heavy atom. The Balaban J connectivity index is 3.04. The van der Waals surface area contributed by atoms with Crippen LogP contribution in [0.5, 0.6) is 0 Å². The van der Waals surface area contributed by atoms with E-state index in [4.69, 9.17) is 5.21 Å². The van der Waals surface area contributed by atoms with Gasteiger partial charge in [-0.15, -0.1) is 0 Å². The third kappa shape index (κ3) is 1.38. The minimum Gasteiger partial charge on any atom is -0.410 e. The average molecular weight is 171 g/mol. The summed E-state index contributed by atoms with van der Waals surface area (Å²) in [5.74, 6) is 0. The normalized spacial score (nSPS) is 11.8. The molecule has 2 heteroatoms. The second-order valence-corrected chi connectivity index (χ2v) is 2.79. The van der Waals surface area contributed by atoms with Crippen molar-refractivity contribution in [2.75, 3.05) is 0 Å². The van der Waals surface area contributed by atoms with Crippen LogP contribution in [-0.2, 0) is 0 Å². The van der Waals surface area contributed by atoms with E-state index in [-0.39, 0.29) is 0 Å². The molecule has 2 aromatic rings. The van der Waals surface area contributed by atoms with E-state index in [9.17, 15) is 0 Å². The summed E-state index contributed by atoms with van der Waals surface area (Å²) >= 11 is 0. The fraction of sp³-hybridized carbons (Fsp3) is 0. The first-order valence-corrected chi connectivity index (χ1v) is 4.08. The van der Waals surface area contributed by atoms with Crippen molar-refractivity contribution in [3.8, 4) is 0 Å². The number of rotatable bonds is 0. The molecule has 0 aliphatic heterocycles. The molecule has 0 atom stereocenters. The third-order valence-corrected chi connectivity index (χ3v) is 1.99. The van der Waals surface area contributed by atoms with Gasteiger partial charge in [-0.25, -0.2) is 0 Å². The lowest BCUT2D eigenvalue weighted by atomic mass is 10.2. The molecule has 1 N–H and O–H groups in total. The number of hydrogen-bond donors (Lipinski definition) is 1. The highest BCUT2D eigenvalue weighted by molar-refractivity contribution is 5.81. The molecule has 2 nitrogen and oxygen atoms in total. The Morgan fingerprint density at radius 2 is 1.46 bits per heavy atom. The molecule has 0 amide bonds. The maximum Gasteiger partial charge on any atom is 0.110 e. The fourth-order valence-corrected chi connectivity index (χ4v) is 1.36. The Labute approximate surface area is 75.8 Å². The largest absolute Gasteiger partial charge is 0.410 e. The maximum absolute atomic E-state index is 8.77. The van der Waals surface area contributed by atoms with Crippen LogP contribution in [0.1, 0.15) is 0 Å². The minimum absolute atomic E-state index is 0.598. The van der Waals surface area contributed by atoms with Crippen LogP contribution >= 0.6 is 0 Å². The van der Waals surface area contributed by atoms with Crippen LogP contribution in [0.25, 0.3) is 10.8 Å². The zero-order valence-corrected chi connectivity index (χ0v) is 7.01. The lowest BCUT2D eigenvalue weighted by Gasteiger charge is -1.89. The van der Waals surface area contributed by atoms with Crippen molar-refractivity contribution in [2.24, 2.45) is 5.16 Å². The summed E-state index contributed by atoms with van der Waals surface area (Å²) in [5.41, 5.74) is 0. The van der Waals surface area contributed by atoms with Crippen molar-refractivity contribution in [2.45, 2.75) is 0 Å². The third-order valence-electron chi connectivity index (χ3n) is 1.99. The van der Waals surface area contributed by atoms with Gasteiger partial charge in [0, 0.05) is 5.39 Å². The highest BCUT2D eigenvalue weighted by Crippen LogP contribution is 2.06. The quantitative estimate of drug-likeness (QED) is 0.478. The van der Waals surface area contributed by atoms with E-state index < -0.39 is 0 Å². The fourth-order valence-electron chi connectivity index (χ4n) is 1.36. The topological polar surface area (TPSA) is 32.6 Å². The molecule has 2 rings (SSSR count). The number of benzene rings is 1. The van der Waals surface area contributed by atoms with Gasteiger partial charge in [0.1, 0.15) is 5.36 Å². The van der Waals surface area contributed by atoms with Crippen molar-refractivity contribution >= 4 is 10.8 Å². The predicted octanol–water partition coefficient (Wildman–Crippen LogP) is 2.13. The van der Waals surface area contributed by atoms with Crippen molar-refractivity contribution in [3.63, 3.8) is 0 Å². The van der Waals surface area contributed by atoms with Gasteiger partial charge in [0.05, 0.1) is 0 Å². The van der Waals surface area contributed by atoms with Gasteiger partial charge in [0.15, 0.2) is 0 Å². The Kier molecular flexibility index (Phi) is 1.96. The van der Waals surface area contributed by atoms with E-state index in [1.807, 2.05) is 42.5 Å². The van der Waals surface area contributed by atoms with E-state index in [2.05, 4.69) is 5.16 Å². The molecule has 13 heavy (non-hydrogen) atoms. The van der Waals surface area contributed by atoms with E-state index in [0.29, 0.717) is 5.36 Å². The molecule has 64 valence electrons. The molecule has 0 aromatic heterocycles. The summed E-state index contributed by atoms with van der Waals surface area (Å²) in [7, 11) is 0. The summed E-state index contributed by atoms with van der Waals surface area (Å²) in [6, 6.07) is 15.4. The lowest BCUT2D eigenvalue weighted by molar-refractivity contribution is 0.303. The van der Waals surface area contributed by atoms with Crippen LogP contribution in [-0.4, -0.2) is 5.21 Å². The summed E-state index contributed by atoms with van der Waals surface area (Å²) < 4.78 is 0. The smallest absolute Gasteiger partial charge is 0.110 e. The SMILES string of the molecule is O/N=c1\ccccc2ccccc12. The number of hydrogen-bond acceptors (Lipinski definition) is 2. The Morgan fingerprint density at radius 3 is 2.15 bits per heavy atom. The first-order valence-electron chi connectivity index (χ1n) is 4.08. The van der Waals surface area contributed by atoms with Crippen LogP contribution < -0.4 is 5.36 Å². The molecule has 2 aromatic carbocycles. The number of fused-ring (bicyclic) bond motifs is 1. The van der Waals surface area contributed by atoms with Gasteiger partial charge in [-0.3, -0.25) is 0 Å². The molecule has 0 heterocycles. The standard InChI is InChI=1S/C11H9NO/c13-12-11-8-4-2-6-9-5-1-3-7-10(9)11/h1-8,13H/b12-11+. The summed E-state index contributed by atoms with van der Waals surface area (Å²) in [6.07, 6.45) is 0. The highest BCUT2D eigenvalue weighted by atomic mass is 16.4. The van der Waals surface area contributed by atoms with Gasteiger partial charge in [-0.2, -0.15) is 0 Å². The van der Waals surface area contributed by atoms with Crippen LogP contribution in [0, 0.1) is 0 Å². The molecule has 0 aliphatic carbocycles. The average Bonchev–Trinajstić information content (AvgIpc) is 2.39. The van der Waals surface area contributed by atoms with Crippen LogP contribution in [0.3, 0.4) is 0 Å². The van der Waals surface area contributed by atoms with Gasteiger partial charge < -0.3 is 5.21 Å². The molecule has 0 unspecified atom stereocenters. The van der Waals surface area contributed by atoms with Gasteiger partial charge in [0.2, 0.25) is 0 Å². The summed E-state index contributed by atoms with van der Waals surface area (Å²) in [6.45, 7) is 0. The second-order valence-electron chi connectivity index (χ2n) is 2.79. The molecule has 0 spiro atoms. The number of nitrogens with zero attached hydrogens (tertiary/aromatic N) is 1. The highest BCUT2D eigenvalue weighted by Gasteiger charge is 1.90. The summed E-state index contributed by atoms with van der Waals surface area (Å²) in [4.78, 5) is 0. The van der Waals surface area contributed by atoms with E-state index in [1.165, 1.54) is 0 Å². The van der Waals surface area contributed by atoms with Crippen LogP contribution in [0.2, 0.25) is 0 Å². The Hall–Kier alpha value is -1.83. The first-order chi connectivity index (χ1) is 6.42. The van der Waals surface area contributed by atoms with E-state index >= 15 is 0 Å². The molecule has 0 fully saturated rings. The molecule has 0 radical (unpaired) electrons. The van der Waals surface area contributed by atoms with Crippen LogP contribution in [0.15, 0.2) is 53.7 Å². The van der Waals surface area contributed by atoms with Gasteiger partial charge in [-0.05, 0) is 11.5 Å². The Bertz CT molecular complexity index is 491. The molecular formula is C11H9NO. The minimum atomic E-state index is 0.598. The monoisotopic (exact) mass is 171 g/mol. The van der Waals surface area contributed by atoms with Gasteiger partial charge >= 0.3 is 0 Å². The molecule has 0 saturated heterocycles. The zero-order valence-electron chi connectivity index (χ0n) is 7.01. The molecule has 0 aliphatic rings. The van der Waals surface area contributed by atoms with Crippen LogP contribution in [0.4, 0.5) is 0 Å². The molecule has 0 saturated carbocycles. The molecular weight excluding hydrogens is 162 g/mol. The summed E-state index contributed by atoms with van der Waals surface area (Å²) in [5, 5.41) is 14.6. The lowest BCUT2D eigenvalue weighted by Crippen LogP contribution is -1.97. The van der Waals surface area contributed by atoms with Crippen molar-refractivity contribution in [3.05, 3.63) is 53.9 Å². The second kappa shape index (κ2) is 3.27. The van der Waals surface area contributed by atoms with Crippen molar-refractivity contribution < 1.29 is 5.21 Å². The van der Waals surface area contributed by atoms with Gasteiger partial charge in [-0.1, -0.05) is 47.6 Å². The maximum atomic E-state index is 8.77. The van der Waals surface area contributed by atoms with E-state index in [0.717, 1.165) is 10.8 Å². The predicted molar refractivity (Wildman–Crippen MR) is 51.3 cm³/mol.